The molecule has 0 bridgehead atoms. The highest BCUT2D eigenvalue weighted by molar-refractivity contribution is 6.41. The van der Waals surface area contributed by atoms with E-state index in [9.17, 15) is 9.59 Å². The second kappa shape index (κ2) is 4.13. The largest absolute Gasteiger partial charge is 0.389 e. The molecule has 0 fully saturated rings. The first-order chi connectivity index (χ1) is 4.95. The van der Waals surface area contributed by atoms with Crippen LogP contribution in [0, 0.1) is 5.92 Å². The highest BCUT2D eigenvalue weighted by Crippen LogP contribution is 2.03. The number of hydrogen-bond acceptors (Lipinski definition) is 3. The maximum Gasteiger partial charge on any atom is 0.356 e. The zero-order valence-corrected chi connectivity index (χ0v) is 7.14. The van der Waals surface area contributed by atoms with E-state index in [4.69, 9.17) is 11.6 Å². The zero-order valence-electron chi connectivity index (χ0n) is 6.39. The molecule has 0 atom stereocenters. The van der Waals surface area contributed by atoms with Crippen LogP contribution < -0.4 is 0 Å². The second-order valence-corrected chi connectivity index (χ2v) is 2.72. The van der Waals surface area contributed by atoms with Crippen LogP contribution in [0.15, 0.2) is 11.6 Å². The van der Waals surface area contributed by atoms with Crippen molar-refractivity contribution in [1.82, 2.24) is 0 Å². The van der Waals surface area contributed by atoms with Gasteiger partial charge in [-0.1, -0.05) is 32.0 Å². The van der Waals surface area contributed by atoms with Gasteiger partial charge in [0, 0.05) is 0 Å². The van der Waals surface area contributed by atoms with Gasteiger partial charge in [0.2, 0.25) is 0 Å². The van der Waals surface area contributed by atoms with Crippen LogP contribution in [-0.2, 0) is 14.3 Å². The molecule has 11 heavy (non-hydrogen) atoms. The van der Waals surface area contributed by atoms with E-state index < -0.39 is 11.9 Å². The first kappa shape index (κ1) is 10.2. The summed E-state index contributed by atoms with van der Waals surface area (Å²) < 4.78 is 4.26. The summed E-state index contributed by atoms with van der Waals surface area (Å²) in [4.78, 5) is 21.3. The highest BCUT2D eigenvalue weighted by atomic mass is 35.5. The third-order valence-electron chi connectivity index (χ3n) is 0.886. The van der Waals surface area contributed by atoms with Gasteiger partial charge in [0.1, 0.15) is 5.03 Å². The Bertz CT molecular complexity index is 196. The molecule has 0 saturated heterocycles. The van der Waals surface area contributed by atoms with E-state index in [1.807, 2.05) is 0 Å². The molecule has 0 aliphatic heterocycles. The maximum absolute atomic E-state index is 10.7. The third kappa shape index (κ3) is 3.78. The lowest BCUT2D eigenvalue weighted by atomic mass is 10.2. The van der Waals surface area contributed by atoms with Crippen molar-refractivity contribution in [3.8, 4) is 0 Å². The highest BCUT2D eigenvalue weighted by Gasteiger charge is 2.14. The van der Waals surface area contributed by atoms with E-state index >= 15 is 0 Å². The van der Waals surface area contributed by atoms with Crippen molar-refractivity contribution in [2.45, 2.75) is 13.8 Å². The topological polar surface area (TPSA) is 43.4 Å². The molecule has 0 spiro atoms. The van der Waals surface area contributed by atoms with Crippen molar-refractivity contribution >= 4 is 23.5 Å². The Labute approximate surface area is 70.0 Å². The van der Waals surface area contributed by atoms with Crippen LogP contribution in [0.1, 0.15) is 13.8 Å². The molecule has 0 aromatic heterocycles. The molecular formula is C7H9ClO3. The molecule has 62 valence electrons. The van der Waals surface area contributed by atoms with Crippen molar-refractivity contribution in [1.29, 1.82) is 0 Å². The number of halogens is 1. The number of rotatable bonds is 2. The fraction of sp³-hybridized carbons (Fsp3) is 0.429. The fourth-order valence-electron chi connectivity index (χ4n) is 0.265. The van der Waals surface area contributed by atoms with Crippen LogP contribution >= 0.6 is 11.6 Å². The minimum Gasteiger partial charge on any atom is -0.389 e. The van der Waals surface area contributed by atoms with E-state index in [2.05, 4.69) is 11.3 Å². The van der Waals surface area contributed by atoms with Gasteiger partial charge < -0.3 is 4.74 Å². The second-order valence-electron chi connectivity index (χ2n) is 2.27. The Morgan fingerprint density at radius 1 is 1.45 bits per heavy atom. The van der Waals surface area contributed by atoms with Gasteiger partial charge in [0.05, 0.1) is 5.92 Å². The summed E-state index contributed by atoms with van der Waals surface area (Å²) >= 11 is 5.16. The zero-order chi connectivity index (χ0) is 9.02. The van der Waals surface area contributed by atoms with Crippen molar-refractivity contribution in [3.05, 3.63) is 11.6 Å². The molecule has 0 N–H and O–H groups in total. The first-order valence-electron chi connectivity index (χ1n) is 3.05. The monoisotopic (exact) mass is 176 g/mol. The van der Waals surface area contributed by atoms with Gasteiger partial charge in [0.25, 0.3) is 0 Å². The third-order valence-corrected chi connectivity index (χ3v) is 1.04. The maximum atomic E-state index is 10.7. The van der Waals surface area contributed by atoms with Crippen molar-refractivity contribution in [2.24, 2.45) is 5.92 Å². The van der Waals surface area contributed by atoms with E-state index in [0.29, 0.717) is 0 Å². The summed E-state index contributed by atoms with van der Waals surface area (Å²) in [5, 5.41) is -0.293. The molecule has 3 nitrogen and oxygen atoms in total. The summed E-state index contributed by atoms with van der Waals surface area (Å²) in [6, 6.07) is 0. The molecule has 0 aliphatic carbocycles. The van der Waals surface area contributed by atoms with E-state index in [1.165, 1.54) is 0 Å². The quantitative estimate of drug-likeness (QED) is 0.364. The predicted octanol–water partition coefficient (Wildman–Crippen LogP) is 1.46. The number of ether oxygens (including phenoxy) is 1. The lowest BCUT2D eigenvalue weighted by Gasteiger charge is -2.02. The fourth-order valence-corrected chi connectivity index (χ4v) is 0.303. The number of carbonyl (C=O) groups is 2. The molecule has 0 aromatic rings. The van der Waals surface area contributed by atoms with Gasteiger partial charge in [-0.3, -0.25) is 4.79 Å². The van der Waals surface area contributed by atoms with Crippen LogP contribution in [-0.4, -0.2) is 11.9 Å². The Balaban J connectivity index is 3.96. The normalized spacial score (nSPS) is 9.45. The summed E-state index contributed by atoms with van der Waals surface area (Å²) in [6.45, 7) is 6.34. The van der Waals surface area contributed by atoms with Crippen LogP contribution in [0.4, 0.5) is 0 Å². The molecule has 0 rings (SSSR count). The standard InChI is InChI=1S/C7H9ClO3/c1-4(2)6(9)11-7(10)5(3)8/h4H,3H2,1-2H3. The van der Waals surface area contributed by atoms with Gasteiger partial charge in [-0.15, -0.1) is 0 Å². The van der Waals surface area contributed by atoms with Crippen LogP contribution in [0.2, 0.25) is 0 Å². The smallest absolute Gasteiger partial charge is 0.356 e. The van der Waals surface area contributed by atoms with E-state index in [1.54, 1.807) is 13.8 Å². The molecule has 0 aliphatic rings. The predicted molar refractivity (Wildman–Crippen MR) is 40.9 cm³/mol. The minimum absolute atomic E-state index is 0.293. The lowest BCUT2D eigenvalue weighted by molar-refractivity contribution is -0.158. The van der Waals surface area contributed by atoms with Gasteiger partial charge >= 0.3 is 11.9 Å². The summed E-state index contributed by atoms with van der Waals surface area (Å²) in [6.07, 6.45) is 0. The van der Waals surface area contributed by atoms with E-state index in [0.717, 1.165) is 0 Å². The van der Waals surface area contributed by atoms with Crippen molar-refractivity contribution in [2.75, 3.05) is 0 Å². The lowest BCUT2D eigenvalue weighted by Crippen LogP contribution is -2.16. The summed E-state index contributed by atoms with van der Waals surface area (Å²) in [7, 11) is 0. The molecular weight excluding hydrogens is 168 g/mol. The summed E-state index contributed by atoms with van der Waals surface area (Å²) in [5.74, 6) is -1.82. The number of carbonyl (C=O) groups excluding carboxylic acids is 2. The molecule has 0 saturated carbocycles. The Hall–Kier alpha value is -0.830. The SMILES string of the molecule is C=C(Cl)C(=O)OC(=O)C(C)C. The average Bonchev–Trinajstić information content (AvgIpc) is 1.87. The molecule has 0 radical (unpaired) electrons. The first-order valence-corrected chi connectivity index (χ1v) is 3.43. The van der Waals surface area contributed by atoms with Gasteiger partial charge in [-0.2, -0.15) is 0 Å². The molecule has 4 heteroatoms. The van der Waals surface area contributed by atoms with Crippen LogP contribution in [0.25, 0.3) is 0 Å². The van der Waals surface area contributed by atoms with Gasteiger partial charge in [-0.05, 0) is 0 Å². The minimum atomic E-state index is -0.884. The van der Waals surface area contributed by atoms with Crippen molar-refractivity contribution < 1.29 is 14.3 Å². The summed E-state index contributed by atoms with van der Waals surface area (Å²) in [5.41, 5.74) is 0. The Morgan fingerprint density at radius 3 is 2.18 bits per heavy atom. The number of hydrogen-bond donors (Lipinski definition) is 0. The molecule has 0 heterocycles. The molecule has 0 unspecified atom stereocenters. The van der Waals surface area contributed by atoms with Crippen LogP contribution in [0.3, 0.4) is 0 Å². The average molecular weight is 177 g/mol. The Morgan fingerprint density at radius 2 is 1.91 bits per heavy atom. The molecule has 0 aromatic carbocycles. The molecule has 0 amide bonds. The van der Waals surface area contributed by atoms with Crippen molar-refractivity contribution in [3.63, 3.8) is 0 Å². The van der Waals surface area contributed by atoms with Gasteiger partial charge in [-0.25, -0.2) is 4.79 Å². The Kier molecular flexibility index (Phi) is 3.82. The van der Waals surface area contributed by atoms with Gasteiger partial charge in [0.15, 0.2) is 0 Å². The number of esters is 2. The van der Waals surface area contributed by atoms with E-state index in [-0.39, 0.29) is 11.0 Å². The van der Waals surface area contributed by atoms with Crippen LogP contribution in [0.5, 0.6) is 0 Å².